The van der Waals surface area contributed by atoms with Gasteiger partial charge in [-0.25, -0.2) is 13.9 Å². The van der Waals surface area contributed by atoms with Crippen LogP contribution >= 0.6 is 11.8 Å². The standard InChI is InChI=1S/C31H29N5O2S/c1-21-9-7-11-24(17-21)20-28(37)32-29-33-30(39-4)36(31(38)35(29)25-12-8-10-22(2)18-25)26-13-14-27(23(3)19-26)34-15-5-6-16-34/h5-19H,20H2,1-4H3. The Labute approximate surface area is 231 Å². The summed E-state index contributed by atoms with van der Waals surface area (Å²) < 4.78 is 5.02. The molecule has 3 aromatic carbocycles. The van der Waals surface area contributed by atoms with Gasteiger partial charge in [-0.3, -0.25) is 4.79 Å². The summed E-state index contributed by atoms with van der Waals surface area (Å²) in [4.78, 5) is 36.3. The van der Waals surface area contributed by atoms with E-state index < -0.39 is 0 Å². The lowest BCUT2D eigenvalue weighted by atomic mass is 10.1. The summed E-state index contributed by atoms with van der Waals surface area (Å²) in [5.41, 5.74) is 5.92. The van der Waals surface area contributed by atoms with Crippen molar-refractivity contribution in [3.05, 3.63) is 130 Å². The minimum Gasteiger partial charge on any atom is -0.324 e. The molecule has 0 saturated heterocycles. The predicted octanol–water partition coefficient (Wildman–Crippen LogP) is 5.13. The van der Waals surface area contributed by atoms with E-state index in [-0.39, 0.29) is 23.6 Å². The Bertz CT molecular complexity index is 1800. The summed E-state index contributed by atoms with van der Waals surface area (Å²) in [5, 5.41) is 0.444. The van der Waals surface area contributed by atoms with Gasteiger partial charge in [0.1, 0.15) is 0 Å². The molecular formula is C31H29N5O2S. The first-order valence-corrected chi connectivity index (χ1v) is 13.8. The van der Waals surface area contributed by atoms with Crippen LogP contribution in [-0.2, 0) is 11.2 Å². The maximum absolute atomic E-state index is 14.2. The first-order chi connectivity index (χ1) is 18.8. The van der Waals surface area contributed by atoms with Crippen LogP contribution in [0.5, 0.6) is 0 Å². The van der Waals surface area contributed by atoms with Gasteiger partial charge in [0.15, 0.2) is 5.16 Å². The molecule has 7 nitrogen and oxygen atoms in total. The largest absolute Gasteiger partial charge is 0.342 e. The SMILES string of the molecule is CSc1nc(=NC(=O)Cc2cccc(C)c2)n(-c2cccc(C)c2)c(=O)n1-c1ccc(-n2cccc2)c(C)c1. The normalized spacial score (nSPS) is 11.6. The lowest BCUT2D eigenvalue weighted by Crippen LogP contribution is -2.42. The Morgan fingerprint density at radius 1 is 0.846 bits per heavy atom. The number of nitrogens with zero attached hydrogens (tertiary/aromatic N) is 5. The van der Waals surface area contributed by atoms with E-state index in [1.807, 2.05) is 123 Å². The van der Waals surface area contributed by atoms with E-state index in [1.165, 1.54) is 16.3 Å². The average Bonchev–Trinajstić information content (AvgIpc) is 3.43. The van der Waals surface area contributed by atoms with E-state index in [2.05, 4.69) is 4.99 Å². The Morgan fingerprint density at radius 2 is 1.54 bits per heavy atom. The van der Waals surface area contributed by atoms with Gasteiger partial charge < -0.3 is 4.57 Å². The molecule has 1 amide bonds. The van der Waals surface area contributed by atoms with Crippen molar-refractivity contribution in [2.75, 3.05) is 6.26 Å². The lowest BCUT2D eigenvalue weighted by Gasteiger charge is -2.16. The van der Waals surface area contributed by atoms with Crippen molar-refractivity contribution in [2.24, 2.45) is 4.99 Å². The molecule has 0 unspecified atom stereocenters. The molecule has 0 N–H and O–H groups in total. The molecule has 0 aliphatic heterocycles. The van der Waals surface area contributed by atoms with Crippen LogP contribution in [0.25, 0.3) is 17.1 Å². The highest BCUT2D eigenvalue weighted by molar-refractivity contribution is 7.98. The number of hydrogen-bond donors (Lipinski definition) is 0. The van der Waals surface area contributed by atoms with Crippen LogP contribution in [0.4, 0.5) is 0 Å². The van der Waals surface area contributed by atoms with Gasteiger partial charge in [0.2, 0.25) is 5.62 Å². The van der Waals surface area contributed by atoms with Gasteiger partial charge in [0.05, 0.1) is 17.8 Å². The molecule has 0 saturated carbocycles. The summed E-state index contributed by atoms with van der Waals surface area (Å²) in [5.74, 6) is -0.370. The Morgan fingerprint density at radius 3 is 2.21 bits per heavy atom. The van der Waals surface area contributed by atoms with Crippen LogP contribution in [0, 0.1) is 20.8 Å². The molecule has 0 fully saturated rings. The summed E-state index contributed by atoms with van der Waals surface area (Å²) in [6.07, 6.45) is 5.95. The van der Waals surface area contributed by atoms with E-state index in [9.17, 15) is 9.59 Å². The number of hydrogen-bond acceptors (Lipinski definition) is 4. The first kappa shape index (κ1) is 26.2. The van der Waals surface area contributed by atoms with E-state index in [0.717, 1.165) is 27.9 Å². The van der Waals surface area contributed by atoms with Crippen LogP contribution in [-0.4, -0.2) is 30.8 Å². The molecule has 39 heavy (non-hydrogen) atoms. The minimum absolute atomic E-state index is 0.0598. The fourth-order valence-corrected chi connectivity index (χ4v) is 5.13. The highest BCUT2D eigenvalue weighted by atomic mass is 32.2. The lowest BCUT2D eigenvalue weighted by molar-refractivity contribution is -0.117. The highest BCUT2D eigenvalue weighted by Crippen LogP contribution is 2.21. The van der Waals surface area contributed by atoms with Crippen LogP contribution in [0.2, 0.25) is 0 Å². The van der Waals surface area contributed by atoms with Crippen molar-refractivity contribution in [3.63, 3.8) is 0 Å². The second-order valence-electron chi connectivity index (χ2n) is 9.42. The molecule has 196 valence electrons. The third kappa shape index (κ3) is 5.56. The molecule has 0 spiro atoms. The van der Waals surface area contributed by atoms with Crippen molar-refractivity contribution in [1.82, 2.24) is 18.7 Å². The zero-order chi connectivity index (χ0) is 27.5. The van der Waals surface area contributed by atoms with Gasteiger partial charge >= 0.3 is 5.69 Å². The van der Waals surface area contributed by atoms with Gasteiger partial charge in [-0.2, -0.15) is 9.98 Å². The molecule has 8 heteroatoms. The van der Waals surface area contributed by atoms with Gasteiger partial charge in [-0.1, -0.05) is 53.7 Å². The third-order valence-corrected chi connectivity index (χ3v) is 7.03. The van der Waals surface area contributed by atoms with Crippen LogP contribution in [0.15, 0.2) is 106 Å². The number of carbonyl (C=O) groups is 1. The number of carbonyl (C=O) groups excluding carboxylic acids is 1. The topological polar surface area (TPSA) is 74.2 Å². The predicted molar refractivity (Wildman–Crippen MR) is 155 cm³/mol. The molecule has 5 rings (SSSR count). The zero-order valence-corrected chi connectivity index (χ0v) is 23.1. The summed E-state index contributed by atoms with van der Waals surface area (Å²) in [6, 6.07) is 25.1. The molecule has 0 aliphatic rings. The molecule has 0 aliphatic carbocycles. The Hall–Kier alpha value is -4.43. The van der Waals surface area contributed by atoms with E-state index >= 15 is 0 Å². The fourth-order valence-electron chi connectivity index (χ4n) is 4.59. The number of benzene rings is 3. The molecule has 2 heterocycles. The van der Waals surface area contributed by atoms with Crippen LogP contribution in [0.1, 0.15) is 22.3 Å². The quantitative estimate of drug-likeness (QED) is 0.283. The van der Waals surface area contributed by atoms with Gasteiger partial charge in [-0.15, -0.1) is 0 Å². The van der Waals surface area contributed by atoms with Crippen LogP contribution in [0.3, 0.4) is 0 Å². The van der Waals surface area contributed by atoms with E-state index in [0.29, 0.717) is 16.5 Å². The van der Waals surface area contributed by atoms with Gasteiger partial charge in [0, 0.05) is 18.1 Å². The zero-order valence-electron chi connectivity index (χ0n) is 22.3. The second-order valence-corrected chi connectivity index (χ2v) is 10.2. The van der Waals surface area contributed by atoms with Gasteiger partial charge in [-0.05, 0) is 86.2 Å². The molecular weight excluding hydrogens is 506 g/mol. The van der Waals surface area contributed by atoms with Crippen LogP contribution < -0.4 is 11.3 Å². The monoisotopic (exact) mass is 535 g/mol. The summed E-state index contributed by atoms with van der Waals surface area (Å²) in [6.45, 7) is 5.95. The van der Waals surface area contributed by atoms with E-state index in [4.69, 9.17) is 4.98 Å². The van der Waals surface area contributed by atoms with Crippen molar-refractivity contribution in [2.45, 2.75) is 32.3 Å². The fraction of sp³-hybridized carbons (Fsp3) is 0.161. The van der Waals surface area contributed by atoms with Gasteiger partial charge in [0.25, 0.3) is 5.91 Å². The minimum atomic E-state index is -0.370. The number of aryl methyl sites for hydroxylation is 3. The van der Waals surface area contributed by atoms with E-state index in [1.54, 1.807) is 4.57 Å². The summed E-state index contributed by atoms with van der Waals surface area (Å²) >= 11 is 1.33. The molecule has 2 aromatic heterocycles. The number of thioether (sulfide) groups is 1. The smallest absolute Gasteiger partial charge is 0.324 e. The van der Waals surface area contributed by atoms with Crippen molar-refractivity contribution >= 4 is 17.7 Å². The Kier molecular flexibility index (Phi) is 7.47. The summed E-state index contributed by atoms with van der Waals surface area (Å²) in [7, 11) is 0. The molecule has 0 atom stereocenters. The maximum atomic E-state index is 14.2. The highest BCUT2D eigenvalue weighted by Gasteiger charge is 2.17. The molecule has 5 aromatic rings. The Balaban J connectivity index is 1.69. The molecule has 0 bridgehead atoms. The second kappa shape index (κ2) is 11.1. The average molecular weight is 536 g/mol. The number of amides is 1. The number of aromatic nitrogens is 4. The maximum Gasteiger partial charge on any atom is 0.342 e. The number of rotatable bonds is 6. The first-order valence-electron chi connectivity index (χ1n) is 12.6. The third-order valence-electron chi connectivity index (χ3n) is 6.40. The molecule has 0 radical (unpaired) electrons. The van der Waals surface area contributed by atoms with Crippen molar-refractivity contribution in [1.29, 1.82) is 0 Å². The van der Waals surface area contributed by atoms with Crippen molar-refractivity contribution in [3.8, 4) is 17.1 Å². The van der Waals surface area contributed by atoms with Crippen molar-refractivity contribution < 1.29 is 4.79 Å².